The molecule has 0 radical (unpaired) electrons. The Kier molecular flexibility index (Phi) is 4.77. The van der Waals surface area contributed by atoms with Crippen LogP contribution in [-0.4, -0.2) is 22.4 Å². The standard InChI is InChI=1S/C13H15F6NOS/c1-6-9(10(21)13(17,18)19)22-11(20-6)7-2-4-8(5-3-7)12(14,15)16/h7-8,10,21H,2-5H2,1H3/t7-,8-,10?. The minimum Gasteiger partial charge on any atom is -0.379 e. The first kappa shape index (κ1) is 17.5. The second-order valence-electron chi connectivity index (χ2n) is 5.54. The Morgan fingerprint density at radius 2 is 1.64 bits per heavy atom. The Bertz CT molecular complexity index is 516. The van der Waals surface area contributed by atoms with Crippen molar-refractivity contribution in [2.45, 2.75) is 57.0 Å². The number of hydrogen-bond donors (Lipinski definition) is 1. The Balaban J connectivity index is 2.10. The number of rotatable bonds is 2. The Hall–Kier alpha value is -0.830. The van der Waals surface area contributed by atoms with E-state index in [-0.39, 0.29) is 42.2 Å². The smallest absolute Gasteiger partial charge is 0.379 e. The maximum atomic E-state index is 12.6. The second kappa shape index (κ2) is 5.99. The number of aromatic nitrogens is 1. The molecule has 22 heavy (non-hydrogen) atoms. The molecule has 0 amide bonds. The molecule has 1 unspecified atom stereocenters. The number of aliphatic hydroxyl groups is 1. The van der Waals surface area contributed by atoms with Gasteiger partial charge >= 0.3 is 12.4 Å². The number of aryl methyl sites for hydroxylation is 1. The molecule has 0 bridgehead atoms. The molecule has 1 atom stereocenters. The minimum absolute atomic E-state index is 0.0377. The van der Waals surface area contributed by atoms with Gasteiger partial charge in [0, 0.05) is 5.92 Å². The molecule has 1 saturated carbocycles. The average molecular weight is 347 g/mol. The maximum Gasteiger partial charge on any atom is 0.419 e. The van der Waals surface area contributed by atoms with E-state index in [1.807, 2.05) is 0 Å². The highest BCUT2D eigenvalue weighted by Crippen LogP contribution is 2.45. The summed E-state index contributed by atoms with van der Waals surface area (Å²) in [7, 11) is 0. The fourth-order valence-electron chi connectivity index (χ4n) is 2.67. The first-order valence-corrected chi connectivity index (χ1v) is 7.60. The number of hydrogen-bond acceptors (Lipinski definition) is 3. The number of nitrogens with zero attached hydrogens (tertiary/aromatic N) is 1. The molecular weight excluding hydrogens is 332 g/mol. The van der Waals surface area contributed by atoms with Crippen molar-refractivity contribution in [3.05, 3.63) is 15.6 Å². The van der Waals surface area contributed by atoms with Gasteiger partial charge in [-0.3, -0.25) is 0 Å². The molecule has 0 saturated heterocycles. The predicted octanol–water partition coefficient (Wildman–Crippen LogP) is 4.88. The van der Waals surface area contributed by atoms with Gasteiger partial charge in [-0.25, -0.2) is 4.98 Å². The van der Waals surface area contributed by atoms with Crippen LogP contribution in [0.2, 0.25) is 0 Å². The van der Waals surface area contributed by atoms with Crippen LogP contribution >= 0.6 is 11.3 Å². The lowest BCUT2D eigenvalue weighted by Crippen LogP contribution is -2.27. The molecule has 1 heterocycles. The third-order valence-electron chi connectivity index (χ3n) is 3.95. The molecule has 1 fully saturated rings. The third kappa shape index (κ3) is 3.73. The fourth-order valence-corrected chi connectivity index (χ4v) is 3.92. The van der Waals surface area contributed by atoms with E-state index < -0.39 is 24.4 Å². The summed E-state index contributed by atoms with van der Waals surface area (Å²) in [5.74, 6) is -1.61. The zero-order valence-corrected chi connectivity index (χ0v) is 12.4. The van der Waals surface area contributed by atoms with Crippen molar-refractivity contribution in [3.63, 3.8) is 0 Å². The van der Waals surface area contributed by atoms with Gasteiger partial charge in [0.25, 0.3) is 0 Å². The van der Waals surface area contributed by atoms with Crippen molar-refractivity contribution in [2.75, 3.05) is 0 Å². The van der Waals surface area contributed by atoms with Gasteiger partial charge in [-0.05, 0) is 32.6 Å². The summed E-state index contributed by atoms with van der Waals surface area (Å²) in [6, 6.07) is 0. The number of thiazole rings is 1. The molecule has 1 aliphatic rings. The van der Waals surface area contributed by atoms with Crippen molar-refractivity contribution in [2.24, 2.45) is 5.92 Å². The zero-order chi connectivity index (χ0) is 16.7. The van der Waals surface area contributed by atoms with E-state index in [2.05, 4.69) is 4.98 Å². The van der Waals surface area contributed by atoms with Crippen molar-refractivity contribution < 1.29 is 31.4 Å². The maximum absolute atomic E-state index is 12.6. The summed E-state index contributed by atoms with van der Waals surface area (Å²) < 4.78 is 75.5. The summed E-state index contributed by atoms with van der Waals surface area (Å²) in [5, 5.41) is 9.68. The van der Waals surface area contributed by atoms with Crippen LogP contribution in [0.3, 0.4) is 0 Å². The van der Waals surface area contributed by atoms with Crippen LogP contribution in [0.15, 0.2) is 0 Å². The Morgan fingerprint density at radius 3 is 2.09 bits per heavy atom. The molecule has 1 aromatic rings. The van der Waals surface area contributed by atoms with Crippen molar-refractivity contribution in [3.8, 4) is 0 Å². The van der Waals surface area contributed by atoms with E-state index in [1.54, 1.807) is 0 Å². The van der Waals surface area contributed by atoms with Crippen LogP contribution in [0, 0.1) is 12.8 Å². The summed E-state index contributed by atoms with van der Waals surface area (Å²) in [6.07, 6.45) is -11.2. The summed E-state index contributed by atoms with van der Waals surface area (Å²) in [6.45, 7) is 1.37. The third-order valence-corrected chi connectivity index (χ3v) is 5.32. The summed E-state index contributed by atoms with van der Waals surface area (Å²) in [4.78, 5) is 3.76. The van der Waals surface area contributed by atoms with Crippen LogP contribution in [0.1, 0.15) is 53.3 Å². The van der Waals surface area contributed by atoms with Crippen molar-refractivity contribution in [1.82, 2.24) is 4.98 Å². The van der Waals surface area contributed by atoms with Gasteiger partial charge in [0.15, 0.2) is 6.10 Å². The lowest BCUT2D eigenvalue weighted by Gasteiger charge is -2.28. The fraction of sp³-hybridized carbons (Fsp3) is 0.769. The van der Waals surface area contributed by atoms with Crippen LogP contribution < -0.4 is 0 Å². The predicted molar refractivity (Wildman–Crippen MR) is 68.6 cm³/mol. The molecule has 126 valence electrons. The van der Waals surface area contributed by atoms with Crippen LogP contribution in [0.4, 0.5) is 26.3 Å². The molecule has 2 nitrogen and oxygen atoms in total. The topological polar surface area (TPSA) is 33.1 Å². The highest BCUT2D eigenvalue weighted by Gasteiger charge is 2.44. The Morgan fingerprint density at radius 1 is 1.09 bits per heavy atom. The average Bonchev–Trinajstić information content (AvgIpc) is 2.78. The largest absolute Gasteiger partial charge is 0.419 e. The lowest BCUT2D eigenvalue weighted by molar-refractivity contribution is -0.205. The monoisotopic (exact) mass is 347 g/mol. The Labute approximate surface area is 127 Å². The van der Waals surface area contributed by atoms with Crippen molar-refractivity contribution >= 4 is 11.3 Å². The summed E-state index contributed by atoms with van der Waals surface area (Å²) >= 11 is 0.747. The van der Waals surface area contributed by atoms with E-state index >= 15 is 0 Å². The first-order valence-electron chi connectivity index (χ1n) is 6.79. The number of aliphatic hydroxyl groups excluding tert-OH is 1. The minimum atomic E-state index is -4.78. The molecule has 1 aliphatic carbocycles. The molecule has 0 spiro atoms. The van der Waals surface area contributed by atoms with Gasteiger partial charge in [0.1, 0.15) is 0 Å². The highest BCUT2D eigenvalue weighted by atomic mass is 32.1. The molecule has 1 aromatic heterocycles. The van der Waals surface area contributed by atoms with Gasteiger partial charge in [0.05, 0.1) is 21.5 Å². The van der Waals surface area contributed by atoms with Gasteiger partial charge in [-0.15, -0.1) is 11.3 Å². The van der Waals surface area contributed by atoms with Gasteiger partial charge < -0.3 is 5.11 Å². The molecule has 9 heteroatoms. The number of alkyl halides is 6. The molecule has 0 aliphatic heterocycles. The zero-order valence-electron chi connectivity index (χ0n) is 11.6. The van der Waals surface area contributed by atoms with Gasteiger partial charge in [0.2, 0.25) is 0 Å². The van der Waals surface area contributed by atoms with E-state index in [9.17, 15) is 31.4 Å². The number of halogens is 6. The molecular formula is C13H15F6NOS. The van der Waals surface area contributed by atoms with Crippen LogP contribution in [0.5, 0.6) is 0 Å². The van der Waals surface area contributed by atoms with Crippen LogP contribution in [0.25, 0.3) is 0 Å². The van der Waals surface area contributed by atoms with Crippen LogP contribution in [-0.2, 0) is 0 Å². The second-order valence-corrected chi connectivity index (χ2v) is 6.60. The van der Waals surface area contributed by atoms with E-state index in [0.717, 1.165) is 11.3 Å². The summed E-state index contributed by atoms with van der Waals surface area (Å²) in [5.41, 5.74) is 0.0859. The normalized spacial score (nSPS) is 25.3. The van der Waals surface area contributed by atoms with Gasteiger partial charge in [-0.2, -0.15) is 26.3 Å². The molecule has 1 N–H and O–H groups in total. The van der Waals surface area contributed by atoms with Gasteiger partial charge in [-0.1, -0.05) is 0 Å². The quantitative estimate of drug-likeness (QED) is 0.773. The van der Waals surface area contributed by atoms with Crippen molar-refractivity contribution in [1.29, 1.82) is 0 Å². The molecule has 0 aromatic carbocycles. The molecule has 2 rings (SSSR count). The highest BCUT2D eigenvalue weighted by molar-refractivity contribution is 7.11. The van der Waals surface area contributed by atoms with E-state index in [1.165, 1.54) is 6.92 Å². The SMILES string of the molecule is Cc1nc([C@H]2CC[C@H](C(F)(F)F)CC2)sc1C(O)C(F)(F)F. The van der Waals surface area contributed by atoms with E-state index in [0.29, 0.717) is 5.01 Å². The first-order chi connectivity index (χ1) is 10.00. The van der Waals surface area contributed by atoms with E-state index in [4.69, 9.17) is 0 Å². The lowest BCUT2D eigenvalue weighted by atomic mass is 9.82.